The van der Waals surface area contributed by atoms with Crippen LogP contribution in [0.2, 0.25) is 0 Å². The van der Waals surface area contributed by atoms with Crippen molar-refractivity contribution in [2.24, 2.45) is 0 Å². The molecular weight excluding hydrogens is 306 g/mol. The summed E-state index contributed by atoms with van der Waals surface area (Å²) in [6, 6.07) is 18.5. The molecule has 0 bridgehead atoms. The third kappa shape index (κ3) is 3.15. The predicted molar refractivity (Wildman–Crippen MR) is 90.8 cm³/mol. The number of carbonyl (C=O) groups excluding carboxylic acids is 1. The van der Waals surface area contributed by atoms with Crippen LogP contribution in [0, 0.1) is 0 Å². The van der Waals surface area contributed by atoms with Crippen LogP contribution >= 0.6 is 0 Å². The van der Waals surface area contributed by atoms with Gasteiger partial charge in [0.25, 0.3) is 5.91 Å². The van der Waals surface area contributed by atoms with Gasteiger partial charge in [-0.05, 0) is 66.7 Å². The molecule has 120 valence electrons. The van der Waals surface area contributed by atoms with Crippen molar-refractivity contribution in [2.75, 3.05) is 4.90 Å². The third-order valence-corrected chi connectivity index (χ3v) is 3.51. The van der Waals surface area contributed by atoms with E-state index in [1.807, 2.05) is 0 Å². The van der Waals surface area contributed by atoms with E-state index in [-0.39, 0.29) is 23.2 Å². The molecule has 0 aliphatic carbocycles. The number of phenolic OH excluding ortho intramolecular Hbond substituents is 3. The first-order valence-electron chi connectivity index (χ1n) is 7.26. The monoisotopic (exact) mass is 321 g/mol. The highest BCUT2D eigenvalue weighted by molar-refractivity contribution is 6.11. The van der Waals surface area contributed by atoms with E-state index >= 15 is 0 Å². The second kappa shape index (κ2) is 6.34. The fraction of sp³-hybridized carbons (Fsp3) is 0. The molecule has 5 heteroatoms. The number of amides is 1. The maximum absolute atomic E-state index is 13.0. The summed E-state index contributed by atoms with van der Waals surface area (Å²) in [7, 11) is 0. The van der Waals surface area contributed by atoms with Crippen molar-refractivity contribution in [1.82, 2.24) is 0 Å². The van der Waals surface area contributed by atoms with Crippen molar-refractivity contribution in [3.05, 3.63) is 78.4 Å². The average Bonchev–Trinajstić information content (AvgIpc) is 2.58. The fourth-order valence-electron chi connectivity index (χ4n) is 2.36. The van der Waals surface area contributed by atoms with Crippen LogP contribution in [0.4, 0.5) is 11.4 Å². The van der Waals surface area contributed by atoms with Crippen LogP contribution < -0.4 is 4.90 Å². The SMILES string of the molecule is O=C(c1cccc(O)c1)N(c1ccc(O)cc1)c1ccc(O)cc1. The Labute approximate surface area is 138 Å². The van der Waals surface area contributed by atoms with Crippen LogP contribution in [0.3, 0.4) is 0 Å². The zero-order valence-electron chi connectivity index (χ0n) is 12.6. The molecule has 3 aromatic rings. The Kier molecular flexibility index (Phi) is 4.07. The van der Waals surface area contributed by atoms with Gasteiger partial charge in [-0.15, -0.1) is 0 Å². The highest BCUT2D eigenvalue weighted by Gasteiger charge is 2.20. The van der Waals surface area contributed by atoms with Crippen molar-refractivity contribution in [1.29, 1.82) is 0 Å². The molecule has 0 saturated carbocycles. The number of anilines is 2. The first kappa shape index (κ1) is 15.4. The lowest BCUT2D eigenvalue weighted by Crippen LogP contribution is -2.25. The quantitative estimate of drug-likeness (QED) is 0.686. The van der Waals surface area contributed by atoms with Crippen molar-refractivity contribution in [3.63, 3.8) is 0 Å². The largest absolute Gasteiger partial charge is 0.508 e. The molecule has 5 nitrogen and oxygen atoms in total. The van der Waals surface area contributed by atoms with Crippen molar-refractivity contribution < 1.29 is 20.1 Å². The summed E-state index contributed by atoms with van der Waals surface area (Å²) in [6.07, 6.45) is 0. The highest BCUT2D eigenvalue weighted by Crippen LogP contribution is 2.30. The molecule has 0 fully saturated rings. The Morgan fingerprint density at radius 1 is 0.667 bits per heavy atom. The molecule has 0 saturated heterocycles. The number of rotatable bonds is 3. The molecular formula is C19H15NO4. The van der Waals surface area contributed by atoms with Gasteiger partial charge < -0.3 is 15.3 Å². The van der Waals surface area contributed by atoms with Gasteiger partial charge in [0.1, 0.15) is 17.2 Å². The van der Waals surface area contributed by atoms with Crippen molar-refractivity contribution >= 4 is 17.3 Å². The first-order chi connectivity index (χ1) is 11.5. The zero-order chi connectivity index (χ0) is 17.1. The zero-order valence-corrected chi connectivity index (χ0v) is 12.6. The summed E-state index contributed by atoms with van der Waals surface area (Å²) in [4.78, 5) is 14.4. The summed E-state index contributed by atoms with van der Waals surface area (Å²) in [5.74, 6) is -0.164. The molecule has 0 aliphatic heterocycles. The summed E-state index contributed by atoms with van der Waals surface area (Å²) in [5.41, 5.74) is 1.41. The van der Waals surface area contributed by atoms with Crippen LogP contribution in [-0.4, -0.2) is 21.2 Å². The molecule has 0 atom stereocenters. The molecule has 0 spiro atoms. The summed E-state index contributed by atoms with van der Waals surface area (Å²) < 4.78 is 0. The number of benzene rings is 3. The summed E-state index contributed by atoms with van der Waals surface area (Å²) >= 11 is 0. The molecule has 24 heavy (non-hydrogen) atoms. The number of nitrogens with zero attached hydrogens (tertiary/aromatic N) is 1. The van der Waals surface area contributed by atoms with Gasteiger partial charge in [0.2, 0.25) is 0 Å². The molecule has 3 aromatic carbocycles. The molecule has 3 N–H and O–H groups in total. The first-order valence-corrected chi connectivity index (χ1v) is 7.26. The summed E-state index contributed by atoms with van der Waals surface area (Å²) in [5, 5.41) is 28.6. The fourth-order valence-corrected chi connectivity index (χ4v) is 2.36. The smallest absolute Gasteiger partial charge is 0.262 e. The van der Waals surface area contributed by atoms with E-state index in [1.165, 1.54) is 41.3 Å². The molecule has 3 rings (SSSR count). The Morgan fingerprint density at radius 2 is 1.17 bits per heavy atom. The van der Waals surface area contributed by atoms with Gasteiger partial charge >= 0.3 is 0 Å². The lowest BCUT2D eigenvalue weighted by molar-refractivity contribution is 0.0999. The minimum Gasteiger partial charge on any atom is -0.508 e. The minimum absolute atomic E-state index is 0.00258. The van der Waals surface area contributed by atoms with Crippen LogP contribution in [0.15, 0.2) is 72.8 Å². The van der Waals surface area contributed by atoms with Gasteiger partial charge in [-0.25, -0.2) is 0 Å². The van der Waals surface area contributed by atoms with Gasteiger partial charge in [0, 0.05) is 16.9 Å². The van der Waals surface area contributed by atoms with E-state index in [1.54, 1.807) is 36.4 Å². The van der Waals surface area contributed by atoms with Gasteiger partial charge in [0.05, 0.1) is 0 Å². The van der Waals surface area contributed by atoms with E-state index in [0.29, 0.717) is 16.9 Å². The highest BCUT2D eigenvalue weighted by atomic mass is 16.3. The molecule has 0 heterocycles. The molecule has 0 unspecified atom stereocenters. The number of carbonyl (C=O) groups is 1. The Morgan fingerprint density at radius 3 is 1.62 bits per heavy atom. The number of phenols is 3. The maximum atomic E-state index is 13.0. The van der Waals surface area contributed by atoms with Gasteiger partial charge in [-0.2, -0.15) is 0 Å². The standard InChI is InChI=1S/C19H15NO4/c21-16-8-4-14(5-9-16)20(15-6-10-17(22)11-7-15)19(24)13-2-1-3-18(23)12-13/h1-12,21-23H. The maximum Gasteiger partial charge on any atom is 0.262 e. The van der Waals surface area contributed by atoms with Crippen LogP contribution in [0.5, 0.6) is 17.2 Å². The van der Waals surface area contributed by atoms with Crippen molar-refractivity contribution in [3.8, 4) is 17.2 Å². The molecule has 0 radical (unpaired) electrons. The van der Waals surface area contributed by atoms with Crippen LogP contribution in [0.25, 0.3) is 0 Å². The Balaban J connectivity index is 2.09. The number of aromatic hydroxyl groups is 3. The summed E-state index contributed by atoms with van der Waals surface area (Å²) in [6.45, 7) is 0. The average molecular weight is 321 g/mol. The van der Waals surface area contributed by atoms with E-state index in [4.69, 9.17) is 0 Å². The Bertz CT molecular complexity index is 812. The lowest BCUT2D eigenvalue weighted by atomic mass is 10.1. The van der Waals surface area contributed by atoms with Gasteiger partial charge in [0.15, 0.2) is 0 Å². The second-order valence-corrected chi connectivity index (χ2v) is 5.22. The minimum atomic E-state index is -0.345. The number of hydrogen-bond acceptors (Lipinski definition) is 4. The van der Waals surface area contributed by atoms with E-state index in [0.717, 1.165) is 0 Å². The number of hydrogen-bond donors (Lipinski definition) is 3. The van der Waals surface area contributed by atoms with E-state index < -0.39 is 0 Å². The van der Waals surface area contributed by atoms with E-state index in [2.05, 4.69) is 0 Å². The molecule has 1 amide bonds. The van der Waals surface area contributed by atoms with E-state index in [9.17, 15) is 20.1 Å². The Hall–Kier alpha value is -3.47. The third-order valence-electron chi connectivity index (χ3n) is 3.51. The molecule has 0 aromatic heterocycles. The molecule has 0 aliphatic rings. The van der Waals surface area contributed by atoms with Crippen LogP contribution in [-0.2, 0) is 0 Å². The normalized spacial score (nSPS) is 10.3. The van der Waals surface area contributed by atoms with Crippen LogP contribution in [0.1, 0.15) is 10.4 Å². The lowest BCUT2D eigenvalue weighted by Gasteiger charge is -2.23. The van der Waals surface area contributed by atoms with Crippen molar-refractivity contribution in [2.45, 2.75) is 0 Å². The predicted octanol–water partition coefficient (Wildman–Crippen LogP) is 3.78. The van der Waals surface area contributed by atoms with Gasteiger partial charge in [-0.1, -0.05) is 6.07 Å². The topological polar surface area (TPSA) is 81.0 Å². The van der Waals surface area contributed by atoms with Gasteiger partial charge in [-0.3, -0.25) is 9.69 Å². The second-order valence-electron chi connectivity index (χ2n) is 5.22.